The van der Waals surface area contributed by atoms with Gasteiger partial charge in [-0.15, -0.1) is 0 Å². The maximum absolute atomic E-state index is 12.4. The predicted molar refractivity (Wildman–Crippen MR) is 109 cm³/mol. The van der Waals surface area contributed by atoms with Crippen molar-refractivity contribution in [2.45, 2.75) is 45.6 Å². The number of carbonyl (C=O) groups excluding carboxylic acids is 1. The Morgan fingerprint density at radius 3 is 2.37 bits per heavy atom. The third-order valence-corrected chi connectivity index (χ3v) is 5.81. The molecule has 1 aromatic rings. The van der Waals surface area contributed by atoms with Crippen LogP contribution in [0.15, 0.2) is 24.3 Å². The molecular formula is C22H35N3O2. The molecule has 2 aliphatic rings. The summed E-state index contributed by atoms with van der Waals surface area (Å²) < 4.78 is 5.97. The van der Waals surface area contributed by atoms with Crippen molar-refractivity contribution in [1.82, 2.24) is 15.1 Å². The van der Waals surface area contributed by atoms with Gasteiger partial charge in [0.2, 0.25) is 0 Å². The summed E-state index contributed by atoms with van der Waals surface area (Å²) in [5.41, 5.74) is 0.706. The quantitative estimate of drug-likeness (QED) is 0.761. The van der Waals surface area contributed by atoms with Crippen LogP contribution in [0.3, 0.4) is 0 Å². The number of hydrogen-bond donors (Lipinski definition) is 1. The molecule has 2 fully saturated rings. The van der Waals surface area contributed by atoms with Gasteiger partial charge in [-0.3, -0.25) is 4.79 Å². The number of piperazine rings is 1. The van der Waals surface area contributed by atoms with Gasteiger partial charge in [0.15, 0.2) is 0 Å². The van der Waals surface area contributed by atoms with Crippen LogP contribution in [0.1, 0.15) is 49.9 Å². The molecule has 0 radical (unpaired) electrons. The molecule has 0 spiro atoms. The molecule has 1 saturated carbocycles. The second-order valence-electron chi connectivity index (χ2n) is 8.10. The third kappa shape index (κ3) is 6.22. The van der Waals surface area contributed by atoms with Gasteiger partial charge < -0.3 is 19.9 Å². The SMILES string of the molecule is CCN1CCN(CC(C)CNC(=O)c2ccc(OC3CCCC3)cc2)CC1. The summed E-state index contributed by atoms with van der Waals surface area (Å²) in [7, 11) is 0. The Labute approximate surface area is 164 Å². The Hall–Kier alpha value is -1.59. The summed E-state index contributed by atoms with van der Waals surface area (Å²) in [6.45, 7) is 11.9. The lowest BCUT2D eigenvalue weighted by atomic mass is 10.1. The smallest absolute Gasteiger partial charge is 0.251 e. The fourth-order valence-electron chi connectivity index (χ4n) is 4.05. The van der Waals surface area contributed by atoms with Crippen LogP contribution in [0, 0.1) is 5.92 Å². The first kappa shape index (κ1) is 20.2. The second kappa shape index (κ2) is 10.1. The van der Waals surface area contributed by atoms with Gasteiger partial charge in [0.05, 0.1) is 6.10 Å². The van der Waals surface area contributed by atoms with E-state index in [9.17, 15) is 4.79 Å². The molecule has 1 N–H and O–H groups in total. The van der Waals surface area contributed by atoms with E-state index < -0.39 is 0 Å². The maximum atomic E-state index is 12.4. The van der Waals surface area contributed by atoms with Gasteiger partial charge in [-0.25, -0.2) is 0 Å². The number of benzene rings is 1. The second-order valence-corrected chi connectivity index (χ2v) is 8.10. The number of rotatable bonds is 8. The van der Waals surface area contributed by atoms with E-state index >= 15 is 0 Å². The van der Waals surface area contributed by atoms with E-state index in [-0.39, 0.29) is 5.91 Å². The van der Waals surface area contributed by atoms with E-state index in [1.807, 2.05) is 24.3 Å². The van der Waals surface area contributed by atoms with Gasteiger partial charge in [0, 0.05) is 44.8 Å². The van der Waals surface area contributed by atoms with Gasteiger partial charge in [0.25, 0.3) is 5.91 Å². The van der Waals surface area contributed by atoms with Gasteiger partial charge >= 0.3 is 0 Å². The molecule has 27 heavy (non-hydrogen) atoms. The zero-order chi connectivity index (χ0) is 19.1. The van der Waals surface area contributed by atoms with E-state index in [4.69, 9.17) is 4.74 Å². The normalized spacial score (nSPS) is 20.5. The van der Waals surface area contributed by atoms with E-state index in [1.165, 1.54) is 12.8 Å². The number of amides is 1. The highest BCUT2D eigenvalue weighted by molar-refractivity contribution is 5.94. The van der Waals surface area contributed by atoms with E-state index in [1.54, 1.807) is 0 Å². The van der Waals surface area contributed by atoms with Crippen LogP contribution in [0.25, 0.3) is 0 Å². The largest absolute Gasteiger partial charge is 0.490 e. The van der Waals surface area contributed by atoms with Crippen LogP contribution in [-0.2, 0) is 0 Å². The standard InChI is InChI=1S/C22H35N3O2/c1-3-24-12-14-25(15-13-24)17-18(2)16-23-22(26)19-8-10-21(11-9-19)27-20-6-4-5-7-20/h8-11,18,20H,3-7,12-17H2,1-2H3,(H,23,26). The van der Waals surface area contributed by atoms with E-state index in [0.717, 1.165) is 57.9 Å². The molecule has 1 heterocycles. The van der Waals surface area contributed by atoms with Crippen molar-refractivity contribution in [2.24, 2.45) is 5.92 Å². The first-order valence-corrected chi connectivity index (χ1v) is 10.6. The van der Waals surface area contributed by atoms with E-state index in [0.29, 0.717) is 24.1 Å². The van der Waals surface area contributed by atoms with Crippen molar-refractivity contribution < 1.29 is 9.53 Å². The summed E-state index contributed by atoms with van der Waals surface area (Å²) in [4.78, 5) is 17.4. The molecule has 1 unspecified atom stereocenters. The van der Waals surface area contributed by atoms with Crippen LogP contribution < -0.4 is 10.1 Å². The lowest BCUT2D eigenvalue weighted by Crippen LogP contribution is -2.48. The number of ether oxygens (including phenoxy) is 1. The van der Waals surface area contributed by atoms with Crippen LogP contribution in [0.2, 0.25) is 0 Å². The molecular weight excluding hydrogens is 338 g/mol. The fraction of sp³-hybridized carbons (Fsp3) is 0.682. The average Bonchev–Trinajstić information content (AvgIpc) is 3.20. The molecule has 1 aliphatic heterocycles. The zero-order valence-corrected chi connectivity index (χ0v) is 17.0. The van der Waals surface area contributed by atoms with Gasteiger partial charge in [-0.2, -0.15) is 0 Å². The van der Waals surface area contributed by atoms with Crippen molar-refractivity contribution in [3.63, 3.8) is 0 Å². The minimum absolute atomic E-state index is 0.00469. The number of nitrogens with zero attached hydrogens (tertiary/aromatic N) is 2. The molecule has 3 rings (SSSR count). The van der Waals surface area contributed by atoms with Crippen LogP contribution in [0.4, 0.5) is 0 Å². The Balaban J connectivity index is 1.38. The molecule has 0 bridgehead atoms. The van der Waals surface area contributed by atoms with Crippen molar-refractivity contribution in [3.05, 3.63) is 29.8 Å². The lowest BCUT2D eigenvalue weighted by Gasteiger charge is -2.35. The predicted octanol–water partition coefficient (Wildman–Crippen LogP) is 3.01. The third-order valence-electron chi connectivity index (χ3n) is 5.81. The van der Waals surface area contributed by atoms with Crippen molar-refractivity contribution in [3.8, 4) is 5.75 Å². The molecule has 1 aromatic carbocycles. The van der Waals surface area contributed by atoms with E-state index in [2.05, 4.69) is 29.0 Å². The number of carbonyl (C=O) groups is 1. The van der Waals surface area contributed by atoms with Crippen LogP contribution in [0.5, 0.6) is 5.75 Å². The Morgan fingerprint density at radius 1 is 1.11 bits per heavy atom. The molecule has 5 nitrogen and oxygen atoms in total. The van der Waals surface area contributed by atoms with Crippen molar-refractivity contribution in [2.75, 3.05) is 45.8 Å². The molecule has 0 aromatic heterocycles. The highest BCUT2D eigenvalue weighted by Crippen LogP contribution is 2.24. The molecule has 1 saturated heterocycles. The number of hydrogen-bond acceptors (Lipinski definition) is 4. The molecule has 1 aliphatic carbocycles. The Bertz CT molecular complexity index is 576. The minimum Gasteiger partial charge on any atom is -0.490 e. The fourth-order valence-corrected chi connectivity index (χ4v) is 4.05. The van der Waals surface area contributed by atoms with Gasteiger partial charge in [-0.1, -0.05) is 13.8 Å². The van der Waals surface area contributed by atoms with Crippen molar-refractivity contribution in [1.29, 1.82) is 0 Å². The number of nitrogens with one attached hydrogen (secondary N) is 1. The summed E-state index contributed by atoms with van der Waals surface area (Å²) in [5, 5.41) is 3.08. The topological polar surface area (TPSA) is 44.8 Å². The van der Waals surface area contributed by atoms with Crippen molar-refractivity contribution >= 4 is 5.91 Å². The average molecular weight is 374 g/mol. The van der Waals surface area contributed by atoms with Gasteiger partial charge in [-0.05, 0) is 62.4 Å². The van der Waals surface area contributed by atoms with Gasteiger partial charge in [0.1, 0.15) is 5.75 Å². The first-order chi connectivity index (χ1) is 13.1. The maximum Gasteiger partial charge on any atom is 0.251 e. The molecule has 1 atom stereocenters. The van der Waals surface area contributed by atoms with Crippen LogP contribution in [-0.4, -0.2) is 67.6 Å². The first-order valence-electron chi connectivity index (χ1n) is 10.6. The Kier molecular flexibility index (Phi) is 7.53. The monoisotopic (exact) mass is 373 g/mol. The lowest BCUT2D eigenvalue weighted by molar-refractivity contribution is 0.0933. The molecule has 5 heteroatoms. The summed E-state index contributed by atoms with van der Waals surface area (Å²) >= 11 is 0. The molecule has 150 valence electrons. The Morgan fingerprint density at radius 2 is 1.74 bits per heavy atom. The minimum atomic E-state index is 0.00469. The highest BCUT2D eigenvalue weighted by Gasteiger charge is 2.18. The number of likely N-dealkylation sites (N-methyl/N-ethyl adjacent to an activating group) is 1. The van der Waals surface area contributed by atoms with Crippen LogP contribution >= 0.6 is 0 Å². The summed E-state index contributed by atoms with van der Waals surface area (Å²) in [5.74, 6) is 1.33. The zero-order valence-electron chi connectivity index (χ0n) is 17.0. The highest BCUT2D eigenvalue weighted by atomic mass is 16.5. The summed E-state index contributed by atoms with van der Waals surface area (Å²) in [6.07, 6.45) is 5.17. The molecule has 1 amide bonds. The summed E-state index contributed by atoms with van der Waals surface area (Å²) in [6, 6.07) is 7.58.